The average molecular weight is 278 g/mol. The van der Waals surface area contributed by atoms with Gasteiger partial charge in [0.25, 0.3) is 0 Å². The van der Waals surface area contributed by atoms with Gasteiger partial charge in [0.2, 0.25) is 0 Å². The molecule has 0 N–H and O–H groups in total. The molecule has 0 bridgehead atoms. The molecule has 2 heteroatoms. The Morgan fingerprint density at radius 3 is 1.71 bits per heavy atom. The van der Waals surface area contributed by atoms with Gasteiger partial charge in [-0.2, -0.15) is 0 Å². The Balaban J connectivity index is 1.73. The van der Waals surface area contributed by atoms with Crippen LogP contribution in [0.25, 0.3) is 0 Å². The normalized spacial score (nSPS) is 26.5. The molecule has 0 aromatic heterocycles. The Hall–Kier alpha value is -1.90. The Morgan fingerprint density at radius 2 is 1.29 bits per heavy atom. The van der Waals surface area contributed by atoms with Crippen molar-refractivity contribution in [3.8, 4) is 0 Å². The first-order valence-corrected chi connectivity index (χ1v) is 7.50. The molecule has 2 aromatic carbocycles. The number of benzene rings is 2. The van der Waals surface area contributed by atoms with Crippen LogP contribution in [-0.4, -0.2) is 5.79 Å². The summed E-state index contributed by atoms with van der Waals surface area (Å²) in [6.45, 7) is 0. The number of hydrogen-bond acceptors (Lipinski definition) is 2. The van der Waals surface area contributed by atoms with Gasteiger partial charge in [-0.3, -0.25) is 0 Å². The summed E-state index contributed by atoms with van der Waals surface area (Å²) in [7, 11) is 0. The smallest absolute Gasteiger partial charge is 0.189 e. The van der Waals surface area contributed by atoms with Crippen LogP contribution in [-0.2, 0) is 9.47 Å². The van der Waals surface area contributed by atoms with E-state index in [4.69, 9.17) is 9.47 Å². The summed E-state index contributed by atoms with van der Waals surface area (Å²) in [5.74, 6) is -0.541. The van der Waals surface area contributed by atoms with Crippen LogP contribution in [0.15, 0.2) is 72.8 Å². The Labute approximate surface area is 125 Å². The minimum absolute atomic E-state index is 0.0589. The lowest BCUT2D eigenvalue weighted by atomic mass is 9.99. The van der Waals surface area contributed by atoms with E-state index in [1.807, 2.05) is 12.1 Å². The lowest BCUT2D eigenvalue weighted by Crippen LogP contribution is -2.24. The van der Waals surface area contributed by atoms with Crippen LogP contribution in [0.4, 0.5) is 0 Å². The number of hydrogen-bond donors (Lipinski definition) is 0. The molecule has 1 fully saturated rings. The third-order valence-corrected chi connectivity index (χ3v) is 4.22. The maximum atomic E-state index is 6.35. The quantitative estimate of drug-likeness (QED) is 0.750. The fourth-order valence-electron chi connectivity index (χ4n) is 3.18. The van der Waals surface area contributed by atoms with Gasteiger partial charge in [-0.25, -0.2) is 0 Å². The SMILES string of the molecule is C1=CC2(CC1)O[C@H](c1ccccc1)[C@@H](c1ccccc1)O2. The molecule has 0 saturated carbocycles. The van der Waals surface area contributed by atoms with Crippen LogP contribution in [0.2, 0.25) is 0 Å². The maximum absolute atomic E-state index is 6.35. The van der Waals surface area contributed by atoms with Gasteiger partial charge in [-0.05, 0) is 23.6 Å². The summed E-state index contributed by atoms with van der Waals surface area (Å²) in [4.78, 5) is 0. The van der Waals surface area contributed by atoms with E-state index in [1.54, 1.807) is 0 Å². The zero-order valence-electron chi connectivity index (χ0n) is 11.8. The van der Waals surface area contributed by atoms with Gasteiger partial charge in [0.1, 0.15) is 12.2 Å². The van der Waals surface area contributed by atoms with E-state index in [1.165, 1.54) is 11.1 Å². The van der Waals surface area contributed by atoms with Crippen molar-refractivity contribution in [2.45, 2.75) is 30.8 Å². The van der Waals surface area contributed by atoms with Gasteiger partial charge in [0, 0.05) is 6.42 Å². The molecule has 1 aliphatic carbocycles. The first-order chi connectivity index (χ1) is 10.4. The molecule has 0 radical (unpaired) electrons. The topological polar surface area (TPSA) is 18.5 Å². The highest BCUT2D eigenvalue weighted by Gasteiger charge is 2.48. The van der Waals surface area contributed by atoms with Crippen molar-refractivity contribution in [2.75, 3.05) is 0 Å². The van der Waals surface area contributed by atoms with Crippen LogP contribution >= 0.6 is 0 Å². The highest BCUT2D eigenvalue weighted by Crippen LogP contribution is 2.50. The standard InChI is InChI=1S/C19H18O2/c1-3-9-15(10-4-1)17-18(16-11-5-2-6-12-16)21-19(20-17)13-7-8-14-19/h1-7,9-13,17-18H,8,14H2/t17-,18-/m1/s1. The molecule has 4 rings (SSSR count). The number of rotatable bonds is 2. The van der Waals surface area contributed by atoms with E-state index in [0.29, 0.717) is 0 Å². The second kappa shape index (κ2) is 5.14. The minimum atomic E-state index is -0.541. The van der Waals surface area contributed by atoms with Crippen LogP contribution in [0, 0.1) is 0 Å². The molecule has 0 amide bonds. The summed E-state index contributed by atoms with van der Waals surface area (Å²) >= 11 is 0. The lowest BCUT2D eigenvalue weighted by molar-refractivity contribution is -0.136. The molecular formula is C19H18O2. The molecule has 2 aliphatic rings. The second-order valence-corrected chi connectivity index (χ2v) is 5.65. The minimum Gasteiger partial charge on any atom is -0.335 e. The predicted molar refractivity (Wildman–Crippen MR) is 81.6 cm³/mol. The summed E-state index contributed by atoms with van der Waals surface area (Å²) < 4.78 is 12.7. The van der Waals surface area contributed by atoms with E-state index in [9.17, 15) is 0 Å². The first kappa shape index (κ1) is 12.8. The molecule has 21 heavy (non-hydrogen) atoms. The van der Waals surface area contributed by atoms with E-state index in [-0.39, 0.29) is 12.2 Å². The fourth-order valence-corrected chi connectivity index (χ4v) is 3.18. The zero-order chi connectivity index (χ0) is 14.1. The average Bonchev–Trinajstić information content (AvgIpc) is 3.17. The van der Waals surface area contributed by atoms with Crippen molar-refractivity contribution in [2.24, 2.45) is 0 Å². The van der Waals surface area contributed by atoms with Crippen molar-refractivity contribution in [1.82, 2.24) is 0 Å². The lowest BCUT2D eigenvalue weighted by Gasteiger charge is -2.20. The second-order valence-electron chi connectivity index (χ2n) is 5.65. The Kier molecular flexibility index (Phi) is 3.13. The van der Waals surface area contributed by atoms with Crippen LogP contribution < -0.4 is 0 Å². The van der Waals surface area contributed by atoms with E-state index in [0.717, 1.165) is 12.8 Å². The third kappa shape index (κ3) is 2.31. The van der Waals surface area contributed by atoms with Crippen molar-refractivity contribution in [3.63, 3.8) is 0 Å². The van der Waals surface area contributed by atoms with Gasteiger partial charge in [0.05, 0.1) is 0 Å². The molecule has 2 nitrogen and oxygen atoms in total. The van der Waals surface area contributed by atoms with E-state index < -0.39 is 5.79 Å². The van der Waals surface area contributed by atoms with Crippen molar-refractivity contribution >= 4 is 0 Å². The van der Waals surface area contributed by atoms with Gasteiger partial charge >= 0.3 is 0 Å². The summed E-state index contributed by atoms with van der Waals surface area (Å²) in [6, 6.07) is 20.7. The molecule has 1 saturated heterocycles. The third-order valence-electron chi connectivity index (χ3n) is 4.22. The monoisotopic (exact) mass is 278 g/mol. The summed E-state index contributed by atoms with van der Waals surface area (Å²) in [5, 5.41) is 0. The van der Waals surface area contributed by atoms with Crippen molar-refractivity contribution in [3.05, 3.63) is 83.9 Å². The zero-order valence-corrected chi connectivity index (χ0v) is 11.8. The molecular weight excluding hydrogens is 260 g/mol. The van der Waals surface area contributed by atoms with Crippen LogP contribution in [0.3, 0.4) is 0 Å². The summed E-state index contributed by atoms with van der Waals surface area (Å²) in [5.41, 5.74) is 2.34. The Bertz CT molecular complexity index is 586. The fraction of sp³-hybridized carbons (Fsp3) is 0.263. The maximum Gasteiger partial charge on any atom is 0.189 e. The van der Waals surface area contributed by atoms with Gasteiger partial charge < -0.3 is 9.47 Å². The van der Waals surface area contributed by atoms with Gasteiger partial charge in [-0.15, -0.1) is 0 Å². The number of allylic oxidation sites excluding steroid dienone is 1. The molecule has 1 aliphatic heterocycles. The molecule has 0 unspecified atom stereocenters. The molecule has 106 valence electrons. The molecule has 1 spiro atoms. The highest BCUT2D eigenvalue weighted by molar-refractivity contribution is 5.28. The molecule has 2 atom stereocenters. The van der Waals surface area contributed by atoms with Crippen LogP contribution in [0.5, 0.6) is 0 Å². The largest absolute Gasteiger partial charge is 0.335 e. The first-order valence-electron chi connectivity index (χ1n) is 7.50. The van der Waals surface area contributed by atoms with Crippen LogP contribution in [0.1, 0.15) is 36.2 Å². The predicted octanol–water partition coefficient (Wildman–Crippen LogP) is 4.56. The van der Waals surface area contributed by atoms with E-state index in [2.05, 4.69) is 60.7 Å². The van der Waals surface area contributed by atoms with Crippen molar-refractivity contribution in [1.29, 1.82) is 0 Å². The molecule has 1 heterocycles. The van der Waals surface area contributed by atoms with Crippen molar-refractivity contribution < 1.29 is 9.47 Å². The van der Waals surface area contributed by atoms with Gasteiger partial charge in [0.15, 0.2) is 5.79 Å². The summed E-state index contributed by atoms with van der Waals surface area (Å²) in [6.07, 6.45) is 6.02. The highest BCUT2D eigenvalue weighted by atomic mass is 16.8. The molecule has 2 aromatic rings. The number of ether oxygens (including phenoxy) is 2. The Morgan fingerprint density at radius 1 is 0.762 bits per heavy atom. The van der Waals surface area contributed by atoms with Gasteiger partial charge in [-0.1, -0.05) is 66.7 Å². The van der Waals surface area contributed by atoms with E-state index >= 15 is 0 Å².